The van der Waals surface area contributed by atoms with Crippen molar-refractivity contribution in [1.82, 2.24) is 4.90 Å². The summed E-state index contributed by atoms with van der Waals surface area (Å²) in [7, 11) is -2.33. The van der Waals surface area contributed by atoms with Gasteiger partial charge in [-0.1, -0.05) is 54.1 Å². The molecule has 1 aliphatic heterocycles. The Labute approximate surface area is 202 Å². The molecule has 0 spiro atoms. The van der Waals surface area contributed by atoms with Gasteiger partial charge in [-0.25, -0.2) is 0 Å². The van der Waals surface area contributed by atoms with Crippen molar-refractivity contribution in [1.29, 1.82) is 0 Å². The lowest BCUT2D eigenvalue weighted by Crippen LogP contribution is -2.44. The predicted molar refractivity (Wildman–Crippen MR) is 134 cm³/mol. The highest BCUT2D eigenvalue weighted by Crippen LogP contribution is 2.17. The Morgan fingerprint density at radius 2 is 1.79 bits per heavy atom. The third-order valence-corrected chi connectivity index (χ3v) is 6.26. The largest absolute Gasteiger partial charge is 0.497 e. The maximum absolute atomic E-state index is 10.5. The van der Waals surface area contributed by atoms with E-state index in [0.29, 0.717) is 0 Å². The molecule has 0 radical (unpaired) electrons. The molecule has 0 aromatic heterocycles. The molecule has 0 aliphatic carbocycles. The van der Waals surface area contributed by atoms with E-state index in [4.69, 9.17) is 14.0 Å². The molecule has 0 bridgehead atoms. The topological polar surface area (TPSA) is 88.1 Å². The summed E-state index contributed by atoms with van der Waals surface area (Å²) in [5, 5.41) is 3.44. The first-order valence-corrected chi connectivity index (χ1v) is 12.6. The van der Waals surface area contributed by atoms with E-state index in [9.17, 15) is 8.42 Å². The molecule has 2 N–H and O–H groups in total. The molecule has 0 saturated carbocycles. The molecular weight excluding hydrogens is 452 g/mol. The van der Waals surface area contributed by atoms with Crippen LogP contribution in [0.25, 0.3) is 0 Å². The normalized spacial score (nSPS) is 16.3. The second-order valence-corrected chi connectivity index (χ2v) is 9.54. The highest BCUT2D eigenvalue weighted by molar-refractivity contribution is 7.85. The molecule has 1 aliphatic rings. The van der Waals surface area contributed by atoms with Crippen LogP contribution in [0.4, 0.5) is 5.69 Å². The average molecular weight is 485 g/mol. The molecule has 7 nitrogen and oxygen atoms in total. The number of hydrogen-bond donors (Lipinski definition) is 2. The van der Waals surface area contributed by atoms with Gasteiger partial charge in [0.05, 0.1) is 24.7 Å². The molecule has 1 heterocycles. The van der Waals surface area contributed by atoms with Crippen LogP contribution in [0.2, 0.25) is 0 Å². The first-order chi connectivity index (χ1) is 16.3. The highest BCUT2D eigenvalue weighted by atomic mass is 32.2. The fourth-order valence-electron chi connectivity index (χ4n) is 3.56. The highest BCUT2D eigenvalue weighted by Gasteiger charge is 2.20. The van der Waals surface area contributed by atoms with Crippen LogP contribution in [0, 0.1) is 6.92 Å². The van der Waals surface area contributed by atoms with Crippen molar-refractivity contribution in [3.8, 4) is 5.75 Å². The second kappa shape index (κ2) is 12.5. The summed E-state index contributed by atoms with van der Waals surface area (Å²) in [5.41, 5.74) is 3.37. The lowest BCUT2D eigenvalue weighted by atomic mass is 10.2. The third kappa shape index (κ3) is 8.46. The van der Waals surface area contributed by atoms with Gasteiger partial charge in [0.25, 0.3) is 10.1 Å². The van der Waals surface area contributed by atoms with Gasteiger partial charge in [0.15, 0.2) is 0 Å². The molecule has 1 fully saturated rings. The van der Waals surface area contributed by atoms with Crippen LogP contribution in [-0.4, -0.2) is 57.3 Å². The molecular formula is C26H32N2O5S. The molecule has 4 rings (SSSR count). The predicted octanol–water partition coefficient (Wildman–Crippen LogP) is 4.25. The zero-order chi connectivity index (χ0) is 24.4. The van der Waals surface area contributed by atoms with Gasteiger partial charge in [0.1, 0.15) is 5.75 Å². The Bertz CT molecular complexity index is 1120. The summed E-state index contributed by atoms with van der Waals surface area (Å²) in [4.78, 5) is 2.39. The van der Waals surface area contributed by atoms with Crippen molar-refractivity contribution in [2.45, 2.75) is 24.5 Å². The number of hydrogen-bond acceptors (Lipinski definition) is 6. The van der Waals surface area contributed by atoms with Crippen molar-refractivity contribution in [3.05, 3.63) is 90.0 Å². The fourth-order valence-corrected chi connectivity index (χ4v) is 4.04. The molecule has 34 heavy (non-hydrogen) atoms. The molecule has 1 unspecified atom stereocenters. The van der Waals surface area contributed by atoms with E-state index in [0.717, 1.165) is 49.8 Å². The van der Waals surface area contributed by atoms with E-state index in [2.05, 4.69) is 40.5 Å². The van der Waals surface area contributed by atoms with Crippen LogP contribution in [0.5, 0.6) is 5.75 Å². The van der Waals surface area contributed by atoms with E-state index in [1.165, 1.54) is 17.7 Å². The number of aryl methyl sites for hydroxylation is 1. The van der Waals surface area contributed by atoms with Gasteiger partial charge in [0.2, 0.25) is 0 Å². The van der Waals surface area contributed by atoms with Crippen LogP contribution >= 0.6 is 0 Å². The SMILES string of the molecule is COc1cccc(NCC2CN(Cc3ccccc3)CCO2)c1.Cc1ccc(S(=O)(=O)O)cc1. The van der Waals surface area contributed by atoms with Gasteiger partial charge >= 0.3 is 0 Å². The number of nitrogens with one attached hydrogen (secondary N) is 1. The number of nitrogens with zero attached hydrogens (tertiary/aromatic N) is 1. The zero-order valence-electron chi connectivity index (χ0n) is 19.6. The van der Waals surface area contributed by atoms with E-state index in [-0.39, 0.29) is 11.0 Å². The monoisotopic (exact) mass is 484 g/mol. The summed E-state index contributed by atoms with van der Waals surface area (Å²) in [6.45, 7) is 6.36. The minimum absolute atomic E-state index is 0.0666. The van der Waals surface area contributed by atoms with Crippen molar-refractivity contribution in [3.63, 3.8) is 0 Å². The number of benzene rings is 3. The first kappa shape index (κ1) is 25.7. The Balaban J connectivity index is 0.000000248. The van der Waals surface area contributed by atoms with Crippen molar-refractivity contribution in [2.24, 2.45) is 0 Å². The Kier molecular flexibility index (Phi) is 9.47. The summed E-state index contributed by atoms with van der Waals surface area (Å²) in [5.74, 6) is 0.866. The third-order valence-electron chi connectivity index (χ3n) is 5.39. The summed E-state index contributed by atoms with van der Waals surface area (Å²) in [6.07, 6.45) is 0.207. The quantitative estimate of drug-likeness (QED) is 0.485. The van der Waals surface area contributed by atoms with Crippen molar-refractivity contribution >= 4 is 15.8 Å². The molecule has 3 aromatic rings. The standard InChI is InChI=1S/C19H24N2O2.C7H8O3S/c1-22-18-9-5-8-17(12-18)20-13-19-15-21(10-11-23-19)14-16-6-3-2-4-7-16;1-6-2-4-7(5-3-6)11(8,9)10/h2-9,12,19-20H,10-11,13-15H2,1H3;2-5H,1H3,(H,8,9,10). The van der Waals surface area contributed by atoms with Crippen LogP contribution < -0.4 is 10.1 Å². The Morgan fingerprint density at radius 3 is 2.47 bits per heavy atom. The number of ether oxygens (including phenoxy) is 2. The van der Waals surface area contributed by atoms with Gasteiger partial charge in [0, 0.05) is 37.9 Å². The minimum Gasteiger partial charge on any atom is -0.497 e. The van der Waals surface area contributed by atoms with Gasteiger partial charge in [-0.2, -0.15) is 8.42 Å². The Hall–Kier alpha value is -2.91. The fraction of sp³-hybridized carbons (Fsp3) is 0.308. The molecule has 0 amide bonds. The molecule has 1 saturated heterocycles. The van der Waals surface area contributed by atoms with Gasteiger partial charge in [-0.05, 0) is 36.8 Å². The van der Waals surface area contributed by atoms with Gasteiger partial charge in [-0.3, -0.25) is 9.45 Å². The molecule has 3 aromatic carbocycles. The van der Waals surface area contributed by atoms with E-state index >= 15 is 0 Å². The van der Waals surface area contributed by atoms with Crippen LogP contribution in [-0.2, 0) is 21.4 Å². The summed E-state index contributed by atoms with van der Waals surface area (Å²) in [6, 6.07) is 24.6. The number of rotatable bonds is 7. The smallest absolute Gasteiger partial charge is 0.294 e. The van der Waals surface area contributed by atoms with Gasteiger partial charge < -0.3 is 14.8 Å². The molecule has 1 atom stereocenters. The van der Waals surface area contributed by atoms with Crippen LogP contribution in [0.3, 0.4) is 0 Å². The lowest BCUT2D eigenvalue weighted by Gasteiger charge is -2.33. The Morgan fingerprint density at radius 1 is 1.06 bits per heavy atom. The van der Waals surface area contributed by atoms with E-state index in [1.807, 2.05) is 31.2 Å². The summed E-state index contributed by atoms with van der Waals surface area (Å²) >= 11 is 0. The summed E-state index contributed by atoms with van der Waals surface area (Å²) < 4.78 is 40.7. The van der Waals surface area contributed by atoms with E-state index in [1.54, 1.807) is 19.2 Å². The first-order valence-electron chi connectivity index (χ1n) is 11.1. The lowest BCUT2D eigenvalue weighted by molar-refractivity contribution is -0.0240. The van der Waals surface area contributed by atoms with E-state index < -0.39 is 10.1 Å². The molecule has 182 valence electrons. The zero-order valence-corrected chi connectivity index (χ0v) is 20.4. The molecule has 8 heteroatoms. The number of anilines is 1. The second-order valence-electron chi connectivity index (χ2n) is 8.11. The maximum atomic E-state index is 10.5. The number of methoxy groups -OCH3 is 1. The van der Waals surface area contributed by atoms with Crippen LogP contribution in [0.1, 0.15) is 11.1 Å². The van der Waals surface area contributed by atoms with Crippen molar-refractivity contribution in [2.75, 3.05) is 38.7 Å². The van der Waals surface area contributed by atoms with Gasteiger partial charge in [-0.15, -0.1) is 0 Å². The van der Waals surface area contributed by atoms with Crippen LogP contribution in [0.15, 0.2) is 83.8 Å². The number of morpholine rings is 1. The van der Waals surface area contributed by atoms with Crippen molar-refractivity contribution < 1.29 is 22.4 Å². The average Bonchev–Trinajstić information content (AvgIpc) is 2.84. The minimum atomic E-state index is -4.02. The maximum Gasteiger partial charge on any atom is 0.294 e.